The molecule has 0 atom stereocenters. The number of benzene rings is 1. The maximum atomic E-state index is 8.19. The average molecular weight is 340 g/mol. The van der Waals surface area contributed by atoms with Gasteiger partial charge in [0.25, 0.3) is 0 Å². The minimum Gasteiger partial charge on any atom is -0.434 e. The molecule has 4 nitrogen and oxygen atoms in total. The Morgan fingerprint density at radius 3 is 2.45 bits per heavy atom. The Balaban J connectivity index is 2.60. The monoisotopic (exact) mass is 338 g/mol. The van der Waals surface area contributed by atoms with Crippen molar-refractivity contribution in [3.63, 3.8) is 0 Å². The third kappa shape index (κ3) is 3.26. The third-order valence-electron chi connectivity index (χ3n) is 2.22. The lowest BCUT2D eigenvalue weighted by atomic mass is 10.1. The van der Waals surface area contributed by atoms with Crippen molar-refractivity contribution in [3.8, 4) is 11.6 Å². The molecule has 2 aromatic rings. The average Bonchev–Trinajstić information content (AvgIpc) is 2.49. The van der Waals surface area contributed by atoms with E-state index >= 15 is 0 Å². The molecule has 0 aliphatic heterocycles. The number of ether oxygens (including phenoxy) is 1. The van der Waals surface area contributed by atoms with Gasteiger partial charge in [0.05, 0.1) is 10.0 Å². The normalized spacial score (nSPS) is 17.9. The van der Waals surface area contributed by atoms with E-state index in [1.54, 1.807) is 0 Å². The molecule has 0 aliphatic rings. The summed E-state index contributed by atoms with van der Waals surface area (Å²) in [5, 5.41) is 6.62. The van der Waals surface area contributed by atoms with Gasteiger partial charge in [-0.3, -0.25) is 0 Å². The van der Waals surface area contributed by atoms with E-state index in [1.165, 1.54) is 12.1 Å². The highest BCUT2D eigenvalue weighted by atomic mass is 35.5. The fourth-order valence-electron chi connectivity index (χ4n) is 1.37. The molecule has 1 aromatic heterocycles. The van der Waals surface area contributed by atoms with Gasteiger partial charge in [-0.15, -0.1) is 10.2 Å². The summed E-state index contributed by atoms with van der Waals surface area (Å²) in [6, 6.07) is 3.61. The number of nitrogens with two attached hydrogens (primary N) is 1. The van der Waals surface area contributed by atoms with Crippen molar-refractivity contribution in [1.82, 2.24) is 10.2 Å². The zero-order chi connectivity index (χ0) is 20.8. The molecule has 0 radical (unpaired) electrons. The predicted octanol–water partition coefficient (Wildman–Crippen LogP) is 4.93. The fraction of sp³-hybridized carbons (Fsp3) is 0.231. The van der Waals surface area contributed by atoms with E-state index in [1.807, 2.05) is 0 Å². The van der Waals surface area contributed by atoms with Crippen molar-refractivity contribution in [2.45, 2.75) is 19.6 Å². The summed E-state index contributed by atoms with van der Waals surface area (Å²) in [5.74, 6) is -3.48. The van der Waals surface area contributed by atoms with E-state index in [9.17, 15) is 0 Å². The Labute approximate surface area is 141 Å². The van der Waals surface area contributed by atoms with Gasteiger partial charge in [-0.1, -0.05) is 48.5 Å². The molecule has 20 heavy (non-hydrogen) atoms. The van der Waals surface area contributed by atoms with E-state index in [2.05, 4.69) is 10.2 Å². The van der Waals surface area contributed by atoms with Crippen LogP contribution in [0.2, 0.25) is 15.2 Å². The van der Waals surface area contributed by atoms with Gasteiger partial charge < -0.3 is 10.5 Å². The van der Waals surface area contributed by atoms with Gasteiger partial charge in [0.2, 0.25) is 5.88 Å². The topological polar surface area (TPSA) is 61.0 Å². The lowest BCUT2D eigenvalue weighted by molar-refractivity contribution is 0.454. The second kappa shape index (κ2) is 6.04. The van der Waals surface area contributed by atoms with E-state index in [4.69, 9.17) is 54.9 Å². The highest BCUT2D eigenvalue weighted by Gasteiger charge is 2.14. The molecule has 0 spiro atoms. The van der Waals surface area contributed by atoms with Crippen LogP contribution in [-0.2, 0) is 0 Å². The Morgan fingerprint density at radius 1 is 1.20 bits per heavy atom. The van der Waals surface area contributed by atoms with Crippen LogP contribution in [0.15, 0.2) is 18.2 Å². The summed E-state index contributed by atoms with van der Waals surface area (Å²) in [6.07, 6.45) is 0. The first kappa shape index (κ1) is 8.27. The van der Waals surface area contributed by atoms with Gasteiger partial charge in [-0.25, -0.2) is 0 Å². The Hall–Kier alpha value is -1.23. The molecule has 1 aromatic carbocycles. The van der Waals surface area contributed by atoms with Crippen LogP contribution < -0.4 is 10.5 Å². The Morgan fingerprint density at radius 2 is 1.85 bits per heavy atom. The molecule has 0 aliphatic carbocycles. The fourth-order valence-corrected chi connectivity index (χ4v) is 2.13. The van der Waals surface area contributed by atoms with E-state index in [0.29, 0.717) is 0 Å². The van der Waals surface area contributed by atoms with Crippen LogP contribution in [0.25, 0.3) is 0 Å². The van der Waals surface area contributed by atoms with E-state index < -0.39 is 30.3 Å². The van der Waals surface area contributed by atoms with Crippen LogP contribution in [-0.4, -0.2) is 10.2 Å². The molecule has 0 unspecified atom stereocenters. The van der Waals surface area contributed by atoms with Crippen LogP contribution in [0, 0.1) is 0 Å². The summed E-state index contributed by atoms with van der Waals surface area (Å²) in [7, 11) is 0. The first-order valence-corrected chi connectivity index (χ1v) is 6.28. The maximum Gasteiger partial charge on any atom is 0.239 e. The molecule has 106 valence electrons. The first-order chi connectivity index (χ1) is 12.2. The third-order valence-corrected chi connectivity index (χ3v) is 3.06. The number of halogens is 3. The lowest BCUT2D eigenvalue weighted by Gasteiger charge is -2.11. The molecular formula is C13H12Cl3N3O. The Bertz CT molecular complexity index is 836. The van der Waals surface area contributed by atoms with Gasteiger partial charge in [0, 0.05) is 21.3 Å². The lowest BCUT2D eigenvalue weighted by Crippen LogP contribution is -1.98. The van der Waals surface area contributed by atoms with Crippen molar-refractivity contribution in [2.24, 2.45) is 0 Å². The number of rotatable bonds is 3. The molecule has 0 bridgehead atoms. The number of nitrogens with zero attached hydrogens (tertiary/aromatic N) is 2. The summed E-state index contributed by atoms with van der Waals surface area (Å²) in [6.45, 7) is -6.50. The number of aromatic nitrogens is 2. The van der Waals surface area contributed by atoms with Crippen molar-refractivity contribution < 1.29 is 14.3 Å². The quantitative estimate of drug-likeness (QED) is 0.805. The first-order valence-electron chi connectivity index (χ1n) is 8.64. The summed E-state index contributed by atoms with van der Waals surface area (Å²) in [5.41, 5.74) is 5.27. The van der Waals surface area contributed by atoms with Gasteiger partial charge in [0.15, 0.2) is 10.9 Å². The largest absolute Gasteiger partial charge is 0.434 e. The highest BCUT2D eigenvalue weighted by molar-refractivity contribution is 6.37. The van der Waals surface area contributed by atoms with E-state index in [0.717, 1.165) is 6.07 Å². The number of anilines is 1. The van der Waals surface area contributed by atoms with Crippen molar-refractivity contribution >= 4 is 40.5 Å². The molecule has 1 heterocycles. The second-order valence-electron chi connectivity index (χ2n) is 3.68. The minimum atomic E-state index is -3.25. The van der Waals surface area contributed by atoms with Crippen molar-refractivity contribution in [1.29, 1.82) is 0 Å². The standard InChI is InChI=1S/C13H12Cl3N3O/c1-6(2)8-5-11(18-19-13(8)16)20-12-9(14)3-7(17)4-10(12)15/h3-6H,17H2,1-2H3/i1D3,2D3,6D. The molecule has 0 fully saturated rings. The van der Waals surface area contributed by atoms with Crippen LogP contribution >= 0.6 is 34.8 Å². The molecule has 2 rings (SSSR count). The summed E-state index contributed by atoms with van der Waals surface area (Å²) in [4.78, 5) is 0. The highest BCUT2D eigenvalue weighted by Crippen LogP contribution is 2.38. The number of nitrogen functional groups attached to an aromatic ring is 1. The summed E-state index contributed by atoms with van der Waals surface area (Å²) < 4.78 is 58.8. The van der Waals surface area contributed by atoms with Gasteiger partial charge in [0.1, 0.15) is 0 Å². The molecule has 7 heteroatoms. The predicted molar refractivity (Wildman–Crippen MR) is 82.1 cm³/mol. The number of hydrogen-bond donors (Lipinski definition) is 1. The zero-order valence-electron chi connectivity index (χ0n) is 16.7. The van der Waals surface area contributed by atoms with Crippen LogP contribution in [0.1, 0.15) is 34.8 Å². The minimum absolute atomic E-state index is 0.0297. The zero-order valence-corrected chi connectivity index (χ0v) is 12.0. The SMILES string of the molecule is [2H]C([2H])([2H])C([2H])(c1cc(Oc2c(Cl)cc(N)cc2Cl)nnc1Cl)C([2H])([2H])[2H]. The Kier molecular flexibility index (Phi) is 2.50. The van der Waals surface area contributed by atoms with Crippen molar-refractivity contribution in [2.75, 3.05) is 5.73 Å². The maximum absolute atomic E-state index is 8.19. The molecule has 0 saturated heterocycles. The van der Waals surface area contributed by atoms with E-state index in [-0.39, 0.29) is 27.4 Å². The molecule has 0 saturated carbocycles. The second-order valence-corrected chi connectivity index (χ2v) is 4.85. The van der Waals surface area contributed by atoms with Gasteiger partial charge in [-0.05, 0) is 23.6 Å². The number of hydrogen-bond acceptors (Lipinski definition) is 4. The smallest absolute Gasteiger partial charge is 0.239 e. The van der Waals surface area contributed by atoms with Crippen molar-refractivity contribution in [3.05, 3.63) is 39.0 Å². The molecule has 2 N–H and O–H groups in total. The van der Waals surface area contributed by atoms with Gasteiger partial charge >= 0.3 is 0 Å². The summed E-state index contributed by atoms with van der Waals surface area (Å²) >= 11 is 17.9. The van der Waals surface area contributed by atoms with Crippen LogP contribution in [0.4, 0.5) is 5.69 Å². The van der Waals surface area contributed by atoms with Gasteiger partial charge in [-0.2, -0.15) is 0 Å². The molecular weight excluding hydrogens is 321 g/mol. The van der Waals surface area contributed by atoms with Crippen LogP contribution in [0.5, 0.6) is 11.6 Å². The molecule has 0 amide bonds. The van der Waals surface area contributed by atoms with Crippen LogP contribution in [0.3, 0.4) is 0 Å².